The fourth-order valence-corrected chi connectivity index (χ4v) is 6.46. The molecule has 0 saturated heterocycles. The van der Waals surface area contributed by atoms with Crippen molar-refractivity contribution < 1.29 is 9.59 Å². The van der Waals surface area contributed by atoms with Gasteiger partial charge in [-0.1, -0.05) is 24.6 Å². The van der Waals surface area contributed by atoms with Gasteiger partial charge in [-0.15, -0.1) is 0 Å². The molecule has 3 nitrogen and oxygen atoms in total. The highest BCUT2D eigenvalue weighted by molar-refractivity contribution is 5.87. The van der Waals surface area contributed by atoms with Crippen LogP contribution < -0.4 is 0 Å². The van der Waals surface area contributed by atoms with Gasteiger partial charge in [-0.2, -0.15) is 5.26 Å². The van der Waals surface area contributed by atoms with Crippen LogP contribution in [0.3, 0.4) is 0 Å². The molecule has 3 heteroatoms. The summed E-state index contributed by atoms with van der Waals surface area (Å²) in [4.78, 5) is 24.5. The van der Waals surface area contributed by atoms with Crippen molar-refractivity contribution in [3.05, 3.63) is 23.8 Å². The number of nitriles is 1. The van der Waals surface area contributed by atoms with E-state index >= 15 is 0 Å². The fourth-order valence-electron chi connectivity index (χ4n) is 6.46. The molecule has 3 saturated carbocycles. The molecule has 0 aromatic rings. The van der Waals surface area contributed by atoms with Gasteiger partial charge in [0, 0.05) is 36.2 Å². The molecule has 0 bridgehead atoms. The molecule has 4 rings (SSSR count). The van der Waals surface area contributed by atoms with Gasteiger partial charge in [-0.25, -0.2) is 0 Å². The first-order valence-electron chi connectivity index (χ1n) is 9.33. The molecule has 0 aliphatic heterocycles. The number of hydrogen-bond donors (Lipinski definition) is 0. The van der Waals surface area contributed by atoms with E-state index in [-0.39, 0.29) is 10.8 Å². The average Bonchev–Trinajstić information content (AvgIpc) is 2.88. The third-order valence-corrected chi connectivity index (χ3v) is 7.70. The van der Waals surface area contributed by atoms with Crippen LogP contribution >= 0.6 is 0 Å². The molecule has 3 fully saturated rings. The van der Waals surface area contributed by atoms with Crippen LogP contribution in [0.25, 0.3) is 0 Å². The fraction of sp³-hybridized carbons (Fsp3) is 0.667. The third-order valence-electron chi connectivity index (χ3n) is 7.70. The number of carbonyl (C=O) groups is 2. The lowest BCUT2D eigenvalue weighted by molar-refractivity contribution is -0.131. The maximum atomic E-state index is 12.5. The van der Waals surface area contributed by atoms with Gasteiger partial charge in [0.25, 0.3) is 0 Å². The van der Waals surface area contributed by atoms with E-state index in [1.807, 2.05) is 0 Å². The number of allylic oxidation sites excluding steroid dienone is 4. The standard InChI is InChI=1S/C21H25NO2/c1-20-10-8-18-16(17(20)5-6-19(20)24)4-3-14-13-15(23)7-11-21(14,18)9-2-12-22/h2-3,9,16-18H,4-8,10-11,13H2,1H3/b9-2+/t16-,17-,18-,20-,21-/m0/s1. The molecule has 5 atom stereocenters. The van der Waals surface area contributed by atoms with Crippen LogP contribution in [0.2, 0.25) is 0 Å². The largest absolute Gasteiger partial charge is 0.299 e. The molecule has 0 spiro atoms. The zero-order chi connectivity index (χ0) is 16.9. The Morgan fingerprint density at radius 1 is 1.21 bits per heavy atom. The van der Waals surface area contributed by atoms with E-state index < -0.39 is 0 Å². The van der Waals surface area contributed by atoms with Crippen molar-refractivity contribution >= 4 is 11.6 Å². The van der Waals surface area contributed by atoms with Gasteiger partial charge in [0.1, 0.15) is 11.6 Å². The van der Waals surface area contributed by atoms with E-state index in [1.54, 1.807) is 6.08 Å². The van der Waals surface area contributed by atoms with Gasteiger partial charge in [0.05, 0.1) is 6.07 Å². The first-order chi connectivity index (χ1) is 11.5. The molecule has 4 aliphatic carbocycles. The predicted molar refractivity (Wildman–Crippen MR) is 90.8 cm³/mol. The summed E-state index contributed by atoms with van der Waals surface area (Å²) in [7, 11) is 0. The molecule has 0 amide bonds. The summed E-state index contributed by atoms with van der Waals surface area (Å²) in [5, 5.41) is 9.09. The first-order valence-corrected chi connectivity index (χ1v) is 9.33. The van der Waals surface area contributed by atoms with E-state index in [1.165, 1.54) is 5.57 Å². The molecular formula is C21H25NO2. The second-order valence-electron chi connectivity index (χ2n) is 8.48. The summed E-state index contributed by atoms with van der Waals surface area (Å²) < 4.78 is 0. The van der Waals surface area contributed by atoms with E-state index in [9.17, 15) is 9.59 Å². The number of hydrogen-bond acceptors (Lipinski definition) is 3. The van der Waals surface area contributed by atoms with Crippen molar-refractivity contribution in [2.24, 2.45) is 28.6 Å². The Bertz CT molecular complexity index is 697. The first kappa shape index (κ1) is 15.8. The Kier molecular flexibility index (Phi) is 3.56. The minimum Gasteiger partial charge on any atom is -0.299 e. The molecule has 0 N–H and O–H groups in total. The van der Waals surface area contributed by atoms with Crippen molar-refractivity contribution in [2.75, 3.05) is 0 Å². The number of carbonyl (C=O) groups excluding carboxylic acids is 2. The van der Waals surface area contributed by atoms with Gasteiger partial charge in [-0.3, -0.25) is 9.59 Å². The van der Waals surface area contributed by atoms with E-state index in [2.05, 4.69) is 25.1 Å². The summed E-state index contributed by atoms with van der Waals surface area (Å²) in [6.07, 6.45) is 12.8. The second kappa shape index (κ2) is 5.41. The lowest BCUT2D eigenvalue weighted by Crippen LogP contribution is -2.50. The van der Waals surface area contributed by atoms with E-state index in [4.69, 9.17) is 5.26 Å². The Morgan fingerprint density at radius 3 is 2.83 bits per heavy atom. The maximum Gasteiger partial charge on any atom is 0.139 e. The summed E-state index contributed by atoms with van der Waals surface area (Å²) in [6, 6.07) is 2.16. The molecule has 0 aromatic heterocycles. The van der Waals surface area contributed by atoms with Crippen LogP contribution in [0.5, 0.6) is 0 Å². The molecular weight excluding hydrogens is 298 g/mol. The third kappa shape index (κ3) is 2.01. The molecule has 4 aliphatic rings. The van der Waals surface area contributed by atoms with Crippen molar-refractivity contribution in [1.82, 2.24) is 0 Å². The monoisotopic (exact) mass is 323 g/mol. The highest BCUT2D eigenvalue weighted by Gasteiger charge is 2.59. The van der Waals surface area contributed by atoms with Crippen LogP contribution in [0.4, 0.5) is 0 Å². The zero-order valence-corrected chi connectivity index (χ0v) is 14.4. The Balaban J connectivity index is 1.76. The van der Waals surface area contributed by atoms with E-state index in [0.717, 1.165) is 38.5 Å². The van der Waals surface area contributed by atoms with Gasteiger partial charge in [-0.05, 0) is 49.9 Å². The van der Waals surface area contributed by atoms with Crippen LogP contribution in [-0.4, -0.2) is 11.6 Å². The van der Waals surface area contributed by atoms with E-state index in [0.29, 0.717) is 42.2 Å². The zero-order valence-electron chi connectivity index (χ0n) is 14.4. The van der Waals surface area contributed by atoms with Crippen LogP contribution in [0.1, 0.15) is 58.3 Å². The highest BCUT2D eigenvalue weighted by atomic mass is 16.1. The second-order valence-corrected chi connectivity index (χ2v) is 8.48. The van der Waals surface area contributed by atoms with Gasteiger partial charge < -0.3 is 0 Å². The van der Waals surface area contributed by atoms with Gasteiger partial charge in [0.2, 0.25) is 0 Å². The predicted octanol–water partition coefficient (Wildman–Crippen LogP) is 4.15. The summed E-state index contributed by atoms with van der Waals surface area (Å²) in [5.41, 5.74) is 1.01. The normalized spacial score (nSPS) is 44.5. The SMILES string of the molecule is C[C@]12CC[C@H]3[C@@H](CC=C4CC(=O)CC[C@@]43/C=C/C#N)[C@@H]1CCC2=O. The number of Topliss-reactive ketones (excluding diaryl/α,β-unsaturated/α-hetero) is 2. The summed E-state index contributed by atoms with van der Waals surface area (Å²) >= 11 is 0. The summed E-state index contributed by atoms with van der Waals surface area (Å²) in [6.45, 7) is 2.19. The molecule has 126 valence electrons. The van der Waals surface area contributed by atoms with Crippen molar-refractivity contribution in [2.45, 2.75) is 58.3 Å². The number of fused-ring (bicyclic) bond motifs is 5. The molecule has 24 heavy (non-hydrogen) atoms. The highest BCUT2D eigenvalue weighted by Crippen LogP contribution is 2.64. The Morgan fingerprint density at radius 2 is 2.04 bits per heavy atom. The van der Waals surface area contributed by atoms with Gasteiger partial charge in [0.15, 0.2) is 0 Å². The quantitative estimate of drug-likeness (QED) is 0.538. The van der Waals surface area contributed by atoms with Crippen LogP contribution in [-0.2, 0) is 9.59 Å². The number of rotatable bonds is 1. The number of nitrogens with zero attached hydrogens (tertiary/aromatic N) is 1. The maximum absolute atomic E-state index is 12.5. The molecule has 0 unspecified atom stereocenters. The molecule has 0 radical (unpaired) electrons. The lowest BCUT2D eigenvalue weighted by Gasteiger charge is -2.56. The topological polar surface area (TPSA) is 57.9 Å². The lowest BCUT2D eigenvalue weighted by atomic mass is 9.47. The van der Waals surface area contributed by atoms with Gasteiger partial charge >= 0.3 is 0 Å². The minimum atomic E-state index is -0.128. The van der Waals surface area contributed by atoms with Crippen molar-refractivity contribution in [3.8, 4) is 6.07 Å². The minimum absolute atomic E-state index is 0.112. The molecule has 0 aromatic carbocycles. The van der Waals surface area contributed by atoms with Crippen LogP contribution in [0, 0.1) is 39.9 Å². The number of ketones is 2. The van der Waals surface area contributed by atoms with Crippen molar-refractivity contribution in [1.29, 1.82) is 5.26 Å². The smallest absolute Gasteiger partial charge is 0.139 e. The Hall–Kier alpha value is -1.69. The van der Waals surface area contributed by atoms with Crippen molar-refractivity contribution in [3.63, 3.8) is 0 Å². The molecule has 0 heterocycles. The average molecular weight is 323 g/mol. The summed E-state index contributed by atoms with van der Waals surface area (Å²) in [5.74, 6) is 2.28. The van der Waals surface area contributed by atoms with Crippen LogP contribution in [0.15, 0.2) is 23.8 Å². The Labute approximate surface area is 143 Å².